The second kappa shape index (κ2) is 3.46. The summed E-state index contributed by atoms with van der Waals surface area (Å²) in [5.74, 6) is -1.65. The highest BCUT2D eigenvalue weighted by Crippen LogP contribution is 2.27. The Morgan fingerprint density at radius 1 is 1.33 bits per heavy atom. The lowest BCUT2D eigenvalue weighted by molar-refractivity contribution is 0.0663. The Morgan fingerprint density at radius 3 is 2.83 bits per heavy atom. The molecule has 2 aromatic heterocycles. The number of benzene rings is 1. The number of carbonyl (C=O) groups is 1. The summed E-state index contributed by atoms with van der Waals surface area (Å²) < 4.78 is 10.5. The average Bonchev–Trinajstić information content (AvgIpc) is 2.70. The fourth-order valence-corrected chi connectivity index (χ4v) is 1.97. The molecule has 0 atom stereocenters. The Morgan fingerprint density at radius 2 is 2.11 bits per heavy atom. The van der Waals surface area contributed by atoms with Gasteiger partial charge in [-0.2, -0.15) is 0 Å². The van der Waals surface area contributed by atoms with E-state index in [-0.39, 0.29) is 16.7 Å². The van der Waals surface area contributed by atoms with Gasteiger partial charge in [-0.15, -0.1) is 0 Å². The predicted molar refractivity (Wildman–Crippen MR) is 64.0 cm³/mol. The number of hydrogen-bond donors (Lipinski definition) is 1. The molecule has 90 valence electrons. The minimum absolute atomic E-state index is 0.210. The molecule has 1 aromatic carbocycles. The van der Waals surface area contributed by atoms with Crippen LogP contribution in [0.15, 0.2) is 38.1 Å². The lowest BCUT2D eigenvalue weighted by Gasteiger charge is -1.99. The van der Waals surface area contributed by atoms with Gasteiger partial charge in [-0.3, -0.25) is 4.79 Å². The molecule has 0 saturated carbocycles. The SMILES string of the molecule is Cc1coc2c1ccc1oc(C(=O)O)cc(=O)c12. The quantitative estimate of drug-likeness (QED) is 0.711. The van der Waals surface area contributed by atoms with Crippen molar-refractivity contribution in [2.24, 2.45) is 0 Å². The molecule has 3 aromatic rings. The van der Waals surface area contributed by atoms with E-state index in [1.807, 2.05) is 6.92 Å². The molecule has 2 heterocycles. The first kappa shape index (κ1) is 10.6. The highest BCUT2D eigenvalue weighted by molar-refractivity contribution is 6.03. The van der Waals surface area contributed by atoms with Crippen LogP contribution in [0.3, 0.4) is 0 Å². The Kier molecular flexibility index (Phi) is 2.04. The van der Waals surface area contributed by atoms with Crippen molar-refractivity contribution in [1.29, 1.82) is 0 Å². The molecule has 0 saturated heterocycles. The molecule has 0 spiro atoms. The van der Waals surface area contributed by atoms with Crippen LogP contribution >= 0.6 is 0 Å². The van der Waals surface area contributed by atoms with Crippen LogP contribution in [0.5, 0.6) is 0 Å². The van der Waals surface area contributed by atoms with Gasteiger partial charge < -0.3 is 13.9 Å². The molecule has 0 amide bonds. The number of furan rings is 1. The maximum atomic E-state index is 11.9. The molecule has 18 heavy (non-hydrogen) atoms. The van der Waals surface area contributed by atoms with Crippen molar-refractivity contribution in [3.05, 3.63) is 46.0 Å². The lowest BCUT2D eigenvalue weighted by Crippen LogP contribution is -2.06. The maximum absolute atomic E-state index is 11.9. The van der Waals surface area contributed by atoms with E-state index >= 15 is 0 Å². The predicted octanol–water partition coefficient (Wildman–Crippen LogP) is 2.55. The zero-order valence-corrected chi connectivity index (χ0v) is 9.39. The third kappa shape index (κ3) is 1.34. The Labute approximate surface area is 100 Å². The minimum atomic E-state index is -1.27. The van der Waals surface area contributed by atoms with Gasteiger partial charge in [0.25, 0.3) is 0 Å². The van der Waals surface area contributed by atoms with Crippen LogP contribution in [0.25, 0.3) is 21.9 Å². The molecule has 5 nitrogen and oxygen atoms in total. The molecule has 0 bridgehead atoms. The Balaban J connectivity index is 2.53. The molecular formula is C13H8O5. The van der Waals surface area contributed by atoms with Crippen molar-refractivity contribution < 1.29 is 18.7 Å². The molecule has 0 aliphatic heterocycles. The molecule has 0 aliphatic rings. The standard InChI is InChI=1S/C13H8O5/c1-6-5-17-12-7(6)2-3-9-11(12)8(14)4-10(18-9)13(15)16/h2-5H,1H3,(H,15,16). The molecule has 0 unspecified atom stereocenters. The van der Waals surface area contributed by atoms with Crippen molar-refractivity contribution in [2.45, 2.75) is 6.92 Å². The molecule has 1 N–H and O–H groups in total. The number of fused-ring (bicyclic) bond motifs is 3. The smallest absolute Gasteiger partial charge is 0.371 e. The first-order valence-corrected chi connectivity index (χ1v) is 5.26. The topological polar surface area (TPSA) is 80.7 Å². The summed E-state index contributed by atoms with van der Waals surface area (Å²) >= 11 is 0. The summed E-state index contributed by atoms with van der Waals surface area (Å²) in [6.07, 6.45) is 1.55. The summed E-state index contributed by atoms with van der Waals surface area (Å²) in [4.78, 5) is 22.8. The largest absolute Gasteiger partial charge is 0.475 e. The fourth-order valence-electron chi connectivity index (χ4n) is 1.97. The maximum Gasteiger partial charge on any atom is 0.371 e. The molecule has 0 fully saturated rings. The van der Waals surface area contributed by atoms with Gasteiger partial charge in [0.15, 0.2) is 5.43 Å². The Hall–Kier alpha value is -2.56. The number of hydrogen-bond acceptors (Lipinski definition) is 4. The normalized spacial score (nSPS) is 11.2. The van der Waals surface area contributed by atoms with E-state index in [9.17, 15) is 9.59 Å². The van der Waals surface area contributed by atoms with Crippen molar-refractivity contribution in [3.63, 3.8) is 0 Å². The van der Waals surface area contributed by atoms with E-state index in [0.717, 1.165) is 17.0 Å². The molecule has 3 rings (SSSR count). The Bertz CT molecular complexity index is 838. The van der Waals surface area contributed by atoms with E-state index in [4.69, 9.17) is 13.9 Å². The summed E-state index contributed by atoms with van der Waals surface area (Å²) in [5, 5.41) is 9.92. The number of aryl methyl sites for hydroxylation is 1. The molecular weight excluding hydrogens is 236 g/mol. The van der Waals surface area contributed by atoms with Crippen LogP contribution in [0, 0.1) is 6.92 Å². The van der Waals surface area contributed by atoms with Gasteiger partial charge in [0.1, 0.15) is 16.6 Å². The summed E-state index contributed by atoms with van der Waals surface area (Å²) in [6, 6.07) is 4.28. The van der Waals surface area contributed by atoms with Gasteiger partial charge in [0.05, 0.1) is 6.26 Å². The van der Waals surface area contributed by atoms with Crippen molar-refractivity contribution in [1.82, 2.24) is 0 Å². The van der Waals surface area contributed by atoms with Crippen molar-refractivity contribution in [3.8, 4) is 0 Å². The zero-order valence-electron chi connectivity index (χ0n) is 9.39. The van der Waals surface area contributed by atoms with Gasteiger partial charge in [-0.05, 0) is 24.6 Å². The van der Waals surface area contributed by atoms with Gasteiger partial charge in [-0.25, -0.2) is 4.79 Å². The van der Waals surface area contributed by atoms with E-state index in [1.165, 1.54) is 0 Å². The molecule has 0 radical (unpaired) electrons. The summed E-state index contributed by atoms with van der Waals surface area (Å²) in [7, 11) is 0. The van der Waals surface area contributed by atoms with Gasteiger partial charge in [0, 0.05) is 11.5 Å². The number of rotatable bonds is 1. The molecule has 0 aliphatic carbocycles. The highest BCUT2D eigenvalue weighted by Gasteiger charge is 2.15. The van der Waals surface area contributed by atoms with Crippen LogP contribution in [0.4, 0.5) is 0 Å². The number of carboxylic acids is 1. The van der Waals surface area contributed by atoms with Gasteiger partial charge in [0.2, 0.25) is 5.76 Å². The first-order valence-electron chi connectivity index (χ1n) is 5.26. The van der Waals surface area contributed by atoms with Crippen LogP contribution in [0.1, 0.15) is 16.1 Å². The average molecular weight is 244 g/mol. The second-order valence-corrected chi connectivity index (χ2v) is 4.01. The van der Waals surface area contributed by atoms with Crippen LogP contribution < -0.4 is 5.43 Å². The van der Waals surface area contributed by atoms with Crippen LogP contribution in [0.2, 0.25) is 0 Å². The van der Waals surface area contributed by atoms with Crippen LogP contribution in [-0.4, -0.2) is 11.1 Å². The third-order valence-electron chi connectivity index (χ3n) is 2.84. The lowest BCUT2D eigenvalue weighted by atomic mass is 10.1. The van der Waals surface area contributed by atoms with Crippen LogP contribution in [-0.2, 0) is 0 Å². The summed E-state index contributed by atoms with van der Waals surface area (Å²) in [6.45, 7) is 1.87. The first-order chi connectivity index (χ1) is 8.58. The van der Waals surface area contributed by atoms with Crippen molar-refractivity contribution in [2.75, 3.05) is 0 Å². The third-order valence-corrected chi connectivity index (χ3v) is 2.84. The van der Waals surface area contributed by atoms with Gasteiger partial charge in [-0.1, -0.05) is 0 Å². The number of aromatic carboxylic acids is 1. The molecule has 5 heteroatoms. The van der Waals surface area contributed by atoms with E-state index < -0.39 is 11.4 Å². The number of carboxylic acid groups (broad SMARTS) is 1. The monoisotopic (exact) mass is 244 g/mol. The van der Waals surface area contributed by atoms with Crippen molar-refractivity contribution >= 4 is 27.9 Å². The van der Waals surface area contributed by atoms with Gasteiger partial charge >= 0.3 is 5.97 Å². The van der Waals surface area contributed by atoms with E-state index in [1.54, 1.807) is 18.4 Å². The summed E-state index contributed by atoms with van der Waals surface area (Å²) in [5.41, 5.74) is 1.12. The highest BCUT2D eigenvalue weighted by atomic mass is 16.4. The van der Waals surface area contributed by atoms with E-state index in [0.29, 0.717) is 5.58 Å². The minimum Gasteiger partial charge on any atom is -0.475 e. The fraction of sp³-hybridized carbons (Fsp3) is 0.0769. The zero-order chi connectivity index (χ0) is 12.9. The second-order valence-electron chi connectivity index (χ2n) is 4.01. The van der Waals surface area contributed by atoms with E-state index in [2.05, 4.69) is 0 Å².